The molecule has 1 aliphatic rings. The molecule has 0 bridgehead atoms. The van der Waals surface area contributed by atoms with Gasteiger partial charge in [-0.25, -0.2) is 8.42 Å². The summed E-state index contributed by atoms with van der Waals surface area (Å²) in [5.74, 6) is -1.35. The second kappa shape index (κ2) is 10.8. The van der Waals surface area contributed by atoms with E-state index in [0.29, 0.717) is 31.7 Å². The van der Waals surface area contributed by atoms with Crippen LogP contribution in [0.4, 0.5) is 11.4 Å². The van der Waals surface area contributed by atoms with Gasteiger partial charge in [0.05, 0.1) is 27.2 Å². The van der Waals surface area contributed by atoms with E-state index in [1.54, 1.807) is 37.3 Å². The summed E-state index contributed by atoms with van der Waals surface area (Å²) in [6.45, 7) is 2.44. The Bertz CT molecular complexity index is 1060. The minimum atomic E-state index is -3.89. The number of hydrogen-bond donors (Lipinski definition) is 1. The van der Waals surface area contributed by atoms with Crippen LogP contribution in [-0.4, -0.2) is 46.7 Å². The zero-order chi connectivity index (χ0) is 23.1. The number of carbonyl (C=O) groups is 2. The number of nitrogens with one attached hydrogen (secondary N) is 1. The summed E-state index contributed by atoms with van der Waals surface area (Å²) in [6, 6.07) is 12.8. The van der Waals surface area contributed by atoms with Gasteiger partial charge in [0.25, 0.3) is 15.9 Å². The summed E-state index contributed by atoms with van der Waals surface area (Å²) < 4.78 is 37.9. The Labute approximate surface area is 192 Å². The highest BCUT2D eigenvalue weighted by atomic mass is 35.5. The summed E-state index contributed by atoms with van der Waals surface area (Å²) in [5, 5.41) is 2.68. The average molecular weight is 481 g/mol. The molecule has 1 aliphatic heterocycles. The molecule has 1 N–H and O–H groups in total. The summed E-state index contributed by atoms with van der Waals surface area (Å²) in [6.07, 6.45) is 1.11. The topological polar surface area (TPSA) is 102 Å². The van der Waals surface area contributed by atoms with E-state index in [9.17, 15) is 18.0 Å². The average Bonchev–Trinajstić information content (AvgIpc) is 2.80. The maximum atomic E-state index is 13.2. The molecule has 0 aromatic heterocycles. The molecule has 0 spiro atoms. The Morgan fingerprint density at radius 2 is 1.84 bits per heavy atom. The van der Waals surface area contributed by atoms with Gasteiger partial charge < -0.3 is 14.8 Å². The number of sulfonamides is 1. The molecular weight excluding hydrogens is 456 g/mol. The number of amides is 1. The van der Waals surface area contributed by atoms with Gasteiger partial charge in [-0.2, -0.15) is 0 Å². The Morgan fingerprint density at radius 3 is 2.50 bits per heavy atom. The van der Waals surface area contributed by atoms with E-state index < -0.39 is 28.5 Å². The van der Waals surface area contributed by atoms with Gasteiger partial charge >= 0.3 is 5.97 Å². The van der Waals surface area contributed by atoms with E-state index >= 15 is 0 Å². The Balaban J connectivity index is 1.70. The zero-order valence-electron chi connectivity index (χ0n) is 17.6. The SMILES string of the molecule is CCN(c1ccccc1)S(=O)(=O)c1ccc(Cl)c(NC(=O)COC(=O)C2CCOCC2)c1. The first-order valence-corrected chi connectivity index (χ1v) is 12.1. The molecule has 2 aromatic carbocycles. The predicted octanol–water partition coefficient (Wildman–Crippen LogP) is 3.46. The second-order valence-electron chi connectivity index (χ2n) is 7.19. The van der Waals surface area contributed by atoms with Crippen molar-refractivity contribution in [2.24, 2.45) is 5.92 Å². The van der Waals surface area contributed by atoms with Crippen LogP contribution in [0, 0.1) is 5.92 Å². The minimum Gasteiger partial charge on any atom is -0.455 e. The monoisotopic (exact) mass is 480 g/mol. The van der Waals surface area contributed by atoms with Crippen LogP contribution >= 0.6 is 11.6 Å². The molecule has 1 saturated heterocycles. The van der Waals surface area contributed by atoms with E-state index in [1.807, 2.05) is 0 Å². The Hall–Kier alpha value is -2.62. The van der Waals surface area contributed by atoms with Crippen LogP contribution in [-0.2, 0) is 29.1 Å². The summed E-state index contributed by atoms with van der Waals surface area (Å²) in [4.78, 5) is 24.3. The van der Waals surface area contributed by atoms with Crippen LogP contribution in [0.5, 0.6) is 0 Å². The number of benzene rings is 2. The van der Waals surface area contributed by atoms with Crippen LogP contribution in [0.15, 0.2) is 53.4 Å². The van der Waals surface area contributed by atoms with Gasteiger partial charge in [-0.05, 0) is 50.1 Å². The number of para-hydroxylation sites is 1. The molecule has 1 fully saturated rings. The van der Waals surface area contributed by atoms with Crippen molar-refractivity contribution in [3.8, 4) is 0 Å². The molecule has 3 rings (SSSR count). The van der Waals surface area contributed by atoms with E-state index in [1.165, 1.54) is 22.5 Å². The minimum absolute atomic E-state index is 0.0258. The number of halogens is 1. The van der Waals surface area contributed by atoms with E-state index in [0.717, 1.165) is 0 Å². The number of ether oxygens (including phenoxy) is 2. The van der Waals surface area contributed by atoms with E-state index in [2.05, 4.69) is 5.32 Å². The van der Waals surface area contributed by atoms with Crippen molar-refractivity contribution in [3.63, 3.8) is 0 Å². The van der Waals surface area contributed by atoms with Crippen molar-refractivity contribution < 1.29 is 27.5 Å². The number of nitrogens with zero attached hydrogens (tertiary/aromatic N) is 1. The molecule has 172 valence electrons. The van der Waals surface area contributed by atoms with E-state index in [-0.39, 0.29) is 28.1 Å². The van der Waals surface area contributed by atoms with Gasteiger partial charge in [0.2, 0.25) is 0 Å². The van der Waals surface area contributed by atoms with Crippen molar-refractivity contribution in [2.75, 3.05) is 36.0 Å². The predicted molar refractivity (Wildman–Crippen MR) is 121 cm³/mol. The molecule has 0 aliphatic carbocycles. The number of anilines is 2. The molecule has 0 unspecified atom stereocenters. The molecule has 1 heterocycles. The maximum Gasteiger partial charge on any atom is 0.309 e. The van der Waals surface area contributed by atoms with Crippen LogP contribution in [0.2, 0.25) is 5.02 Å². The normalized spacial score (nSPS) is 14.6. The molecule has 1 amide bonds. The van der Waals surface area contributed by atoms with Crippen molar-refractivity contribution in [1.82, 2.24) is 0 Å². The lowest BCUT2D eigenvalue weighted by Gasteiger charge is -2.23. The van der Waals surface area contributed by atoms with Crippen molar-refractivity contribution in [2.45, 2.75) is 24.7 Å². The quantitative estimate of drug-likeness (QED) is 0.580. The molecule has 10 heteroatoms. The second-order valence-corrected chi connectivity index (χ2v) is 9.46. The zero-order valence-corrected chi connectivity index (χ0v) is 19.2. The lowest BCUT2D eigenvalue weighted by molar-refractivity contribution is -0.154. The van der Waals surface area contributed by atoms with Crippen LogP contribution in [0.1, 0.15) is 19.8 Å². The molecule has 8 nitrogen and oxygen atoms in total. The summed E-state index contributed by atoms with van der Waals surface area (Å²) >= 11 is 6.16. The maximum absolute atomic E-state index is 13.2. The third kappa shape index (κ3) is 5.79. The highest BCUT2D eigenvalue weighted by molar-refractivity contribution is 7.92. The lowest BCUT2D eigenvalue weighted by atomic mass is 10.0. The molecule has 0 atom stereocenters. The Kier molecular flexibility index (Phi) is 8.11. The van der Waals surface area contributed by atoms with Gasteiger partial charge in [-0.1, -0.05) is 29.8 Å². The third-order valence-electron chi connectivity index (χ3n) is 5.03. The number of rotatable bonds is 8. The van der Waals surface area contributed by atoms with Gasteiger partial charge in [0.15, 0.2) is 6.61 Å². The highest BCUT2D eigenvalue weighted by Gasteiger charge is 2.26. The number of carbonyl (C=O) groups excluding carboxylic acids is 2. The van der Waals surface area contributed by atoms with Gasteiger partial charge in [-0.15, -0.1) is 0 Å². The van der Waals surface area contributed by atoms with E-state index in [4.69, 9.17) is 21.1 Å². The van der Waals surface area contributed by atoms with Crippen LogP contribution in [0.3, 0.4) is 0 Å². The van der Waals surface area contributed by atoms with Crippen LogP contribution < -0.4 is 9.62 Å². The Morgan fingerprint density at radius 1 is 1.16 bits per heavy atom. The molecule has 32 heavy (non-hydrogen) atoms. The van der Waals surface area contributed by atoms with Crippen molar-refractivity contribution in [1.29, 1.82) is 0 Å². The number of esters is 1. The lowest BCUT2D eigenvalue weighted by Crippen LogP contribution is -2.31. The standard InChI is InChI=1S/C22H25ClN2O6S/c1-2-25(17-6-4-3-5-7-17)32(28,29)18-8-9-19(23)20(14-18)24-21(26)15-31-22(27)16-10-12-30-13-11-16/h3-9,14,16H,2,10-13,15H2,1H3,(H,24,26). The first kappa shape index (κ1) is 24.0. The van der Waals surface area contributed by atoms with Crippen molar-refractivity contribution >= 4 is 44.9 Å². The third-order valence-corrected chi connectivity index (χ3v) is 7.26. The first-order chi connectivity index (χ1) is 15.3. The first-order valence-electron chi connectivity index (χ1n) is 10.2. The summed E-state index contributed by atoms with van der Waals surface area (Å²) in [7, 11) is -3.89. The number of hydrogen-bond acceptors (Lipinski definition) is 6. The van der Waals surface area contributed by atoms with Gasteiger partial charge in [-0.3, -0.25) is 13.9 Å². The molecule has 2 aromatic rings. The van der Waals surface area contributed by atoms with Gasteiger partial charge in [0, 0.05) is 19.8 Å². The fourth-order valence-corrected chi connectivity index (χ4v) is 5.01. The highest BCUT2D eigenvalue weighted by Crippen LogP contribution is 2.29. The fraction of sp³-hybridized carbons (Fsp3) is 0.364. The van der Waals surface area contributed by atoms with Crippen LogP contribution in [0.25, 0.3) is 0 Å². The van der Waals surface area contributed by atoms with Crippen molar-refractivity contribution in [3.05, 3.63) is 53.6 Å². The molecule has 0 radical (unpaired) electrons. The van der Waals surface area contributed by atoms with Gasteiger partial charge in [0.1, 0.15) is 0 Å². The smallest absolute Gasteiger partial charge is 0.309 e. The fourth-order valence-electron chi connectivity index (χ4n) is 3.35. The largest absolute Gasteiger partial charge is 0.455 e. The molecular formula is C22H25ClN2O6S. The summed E-state index contributed by atoms with van der Waals surface area (Å²) in [5.41, 5.74) is 0.638. The molecule has 0 saturated carbocycles.